The van der Waals surface area contributed by atoms with Gasteiger partial charge in [-0.1, -0.05) is 12.1 Å². The topological polar surface area (TPSA) is 87.0 Å². The molecule has 1 aromatic carbocycles. The fraction of sp³-hybridized carbons (Fsp3) is 0.200. The van der Waals surface area contributed by atoms with Crippen LogP contribution in [0, 0.1) is 11.8 Å². The van der Waals surface area contributed by atoms with Gasteiger partial charge in [-0.25, -0.2) is 4.79 Å². The Bertz CT molecular complexity index is 456. The number of nitrogens with zero attached hydrogens (tertiary/aromatic N) is 2. The van der Waals surface area contributed by atoms with Crippen LogP contribution in [0.3, 0.4) is 0 Å². The summed E-state index contributed by atoms with van der Waals surface area (Å²) in [6.07, 6.45) is 0. The molecule has 0 aliphatic heterocycles. The van der Waals surface area contributed by atoms with Gasteiger partial charge in [0.15, 0.2) is 0 Å². The fourth-order valence-electron chi connectivity index (χ4n) is 1.37. The van der Waals surface area contributed by atoms with Gasteiger partial charge >= 0.3 is 5.97 Å². The van der Waals surface area contributed by atoms with Gasteiger partial charge in [0.25, 0.3) is 0 Å². The summed E-state index contributed by atoms with van der Waals surface area (Å²) in [7, 11) is 0. The van der Waals surface area contributed by atoms with E-state index in [1.54, 1.807) is 13.0 Å². The number of benzene rings is 1. The van der Waals surface area contributed by atoms with E-state index in [1.807, 2.05) is 0 Å². The molecule has 0 fully saturated rings. The maximum Gasteiger partial charge on any atom is 0.337 e. The van der Waals surface area contributed by atoms with Crippen molar-refractivity contribution in [3.05, 3.63) is 34.2 Å². The maximum absolute atomic E-state index is 11.1. The Morgan fingerprint density at radius 1 is 1.38 bits per heavy atom. The van der Waals surface area contributed by atoms with Crippen LogP contribution in [0.5, 0.6) is 0 Å². The van der Waals surface area contributed by atoms with Crippen LogP contribution in [-0.4, -0.2) is 17.0 Å². The Hall–Kier alpha value is -2.24. The lowest BCUT2D eigenvalue weighted by molar-refractivity contribution is -0.116. The molecule has 0 aromatic heterocycles. The molecule has 1 amide bonds. The van der Waals surface area contributed by atoms with Crippen molar-refractivity contribution in [2.45, 2.75) is 13.8 Å². The number of rotatable bonds is 3. The van der Waals surface area contributed by atoms with E-state index >= 15 is 0 Å². The monoisotopic (exact) mass is 222 g/mol. The van der Waals surface area contributed by atoms with Gasteiger partial charge in [-0.2, -0.15) is 5.01 Å². The molecule has 0 radical (unpaired) electrons. The number of carboxylic acid groups (broad SMARTS) is 1. The summed E-state index contributed by atoms with van der Waals surface area (Å²) in [6.45, 7) is 2.74. The lowest BCUT2D eigenvalue weighted by atomic mass is 10.1. The molecule has 6 nitrogen and oxygen atoms in total. The third kappa shape index (κ3) is 2.05. The van der Waals surface area contributed by atoms with Crippen LogP contribution in [0.4, 0.5) is 5.69 Å². The number of carboxylic acids is 1. The van der Waals surface area contributed by atoms with Crippen molar-refractivity contribution in [1.29, 1.82) is 0 Å². The van der Waals surface area contributed by atoms with E-state index in [0.29, 0.717) is 10.6 Å². The first kappa shape index (κ1) is 11.8. The number of carbonyl (C=O) groups excluding carboxylic acids is 1. The predicted molar refractivity (Wildman–Crippen MR) is 57.1 cm³/mol. The number of nitroso groups, excluding NO2 is 1. The maximum atomic E-state index is 11.1. The number of amides is 1. The molecular formula is C10H10N2O4. The molecule has 0 aliphatic rings. The van der Waals surface area contributed by atoms with Gasteiger partial charge in [0, 0.05) is 6.92 Å². The zero-order valence-electron chi connectivity index (χ0n) is 8.80. The minimum Gasteiger partial charge on any atom is -0.478 e. The van der Waals surface area contributed by atoms with Gasteiger partial charge in [0.2, 0.25) is 5.91 Å². The first-order chi connectivity index (χ1) is 7.49. The summed E-state index contributed by atoms with van der Waals surface area (Å²) in [4.78, 5) is 32.6. The molecule has 16 heavy (non-hydrogen) atoms. The first-order valence-corrected chi connectivity index (χ1v) is 4.46. The molecule has 84 valence electrons. The van der Waals surface area contributed by atoms with Gasteiger partial charge in [0.1, 0.15) is 0 Å². The number of anilines is 1. The highest BCUT2D eigenvalue weighted by molar-refractivity contribution is 6.01. The van der Waals surface area contributed by atoms with Crippen LogP contribution in [0.25, 0.3) is 0 Å². The standard InChI is InChI=1S/C10H10N2O4/c1-6-4-3-5-8(10(14)15)9(6)12(11-16)7(2)13/h3-5H,1-2H3,(H,14,15). The number of para-hydroxylation sites is 1. The first-order valence-electron chi connectivity index (χ1n) is 4.46. The van der Waals surface area contributed by atoms with Gasteiger partial charge in [-0.3, -0.25) is 4.79 Å². The second kappa shape index (κ2) is 4.52. The molecular weight excluding hydrogens is 212 g/mol. The minimum absolute atomic E-state index is 0.0116. The van der Waals surface area contributed by atoms with Gasteiger partial charge in [-0.15, -0.1) is 4.91 Å². The van der Waals surface area contributed by atoms with E-state index in [4.69, 9.17) is 5.11 Å². The SMILES string of the molecule is CC(=O)N(N=O)c1c(C)cccc1C(=O)O. The average molecular weight is 222 g/mol. The highest BCUT2D eigenvalue weighted by atomic mass is 16.4. The Morgan fingerprint density at radius 2 is 2.00 bits per heavy atom. The van der Waals surface area contributed by atoms with Crippen molar-refractivity contribution in [1.82, 2.24) is 0 Å². The highest BCUT2D eigenvalue weighted by Gasteiger charge is 2.21. The van der Waals surface area contributed by atoms with Crippen molar-refractivity contribution in [3.8, 4) is 0 Å². The van der Waals surface area contributed by atoms with E-state index in [-0.39, 0.29) is 11.3 Å². The normalized spacial score (nSPS) is 9.62. The molecule has 0 atom stereocenters. The second-order valence-electron chi connectivity index (χ2n) is 3.19. The summed E-state index contributed by atoms with van der Waals surface area (Å²) in [6, 6.07) is 4.44. The summed E-state index contributed by atoms with van der Waals surface area (Å²) in [5.74, 6) is -1.85. The molecule has 6 heteroatoms. The van der Waals surface area contributed by atoms with E-state index in [9.17, 15) is 14.5 Å². The van der Waals surface area contributed by atoms with Gasteiger partial charge in [0.05, 0.1) is 16.5 Å². The fourth-order valence-corrected chi connectivity index (χ4v) is 1.37. The van der Waals surface area contributed by atoms with E-state index in [2.05, 4.69) is 5.29 Å². The summed E-state index contributed by atoms with van der Waals surface area (Å²) >= 11 is 0. The molecule has 1 rings (SSSR count). The summed E-state index contributed by atoms with van der Waals surface area (Å²) in [5.41, 5.74) is 0.377. The lowest BCUT2D eigenvalue weighted by Crippen LogP contribution is -2.24. The predicted octanol–water partition coefficient (Wildman–Crippen LogP) is 1.73. The van der Waals surface area contributed by atoms with Crippen molar-refractivity contribution in [2.75, 3.05) is 5.01 Å². The van der Waals surface area contributed by atoms with Gasteiger partial charge in [-0.05, 0) is 18.6 Å². The van der Waals surface area contributed by atoms with Crippen LogP contribution < -0.4 is 5.01 Å². The number of aromatic carboxylic acids is 1. The number of hydrogen-bond acceptors (Lipinski definition) is 4. The number of aryl methyl sites for hydroxylation is 1. The Balaban J connectivity index is 3.45. The van der Waals surface area contributed by atoms with Crippen LogP contribution in [0.1, 0.15) is 22.8 Å². The molecule has 0 heterocycles. The summed E-state index contributed by atoms with van der Waals surface area (Å²) < 4.78 is 0. The molecule has 0 bridgehead atoms. The number of carbonyl (C=O) groups is 2. The summed E-state index contributed by atoms with van der Waals surface area (Å²) in [5, 5.41) is 12.0. The molecule has 1 N–H and O–H groups in total. The Kier molecular flexibility index (Phi) is 3.34. The molecule has 0 aliphatic carbocycles. The minimum atomic E-state index is -1.21. The molecule has 0 unspecified atom stereocenters. The van der Waals surface area contributed by atoms with Gasteiger partial charge < -0.3 is 5.11 Å². The van der Waals surface area contributed by atoms with E-state index < -0.39 is 11.9 Å². The molecule has 0 spiro atoms. The second-order valence-corrected chi connectivity index (χ2v) is 3.19. The highest BCUT2D eigenvalue weighted by Crippen LogP contribution is 2.25. The zero-order valence-corrected chi connectivity index (χ0v) is 8.80. The quantitative estimate of drug-likeness (QED) is 0.623. The zero-order chi connectivity index (χ0) is 12.3. The largest absolute Gasteiger partial charge is 0.478 e. The number of hydrogen-bond donors (Lipinski definition) is 1. The third-order valence-corrected chi connectivity index (χ3v) is 2.06. The molecule has 1 aromatic rings. The molecule has 0 saturated carbocycles. The van der Waals surface area contributed by atoms with E-state index in [1.165, 1.54) is 12.1 Å². The van der Waals surface area contributed by atoms with Crippen LogP contribution >= 0.6 is 0 Å². The van der Waals surface area contributed by atoms with Crippen molar-refractivity contribution < 1.29 is 14.7 Å². The van der Waals surface area contributed by atoms with Crippen LogP contribution in [0.15, 0.2) is 23.5 Å². The lowest BCUT2D eigenvalue weighted by Gasteiger charge is -2.15. The Morgan fingerprint density at radius 3 is 2.44 bits per heavy atom. The third-order valence-electron chi connectivity index (χ3n) is 2.06. The smallest absolute Gasteiger partial charge is 0.337 e. The van der Waals surface area contributed by atoms with Crippen molar-refractivity contribution >= 4 is 17.6 Å². The van der Waals surface area contributed by atoms with Crippen LogP contribution in [0.2, 0.25) is 0 Å². The van der Waals surface area contributed by atoms with Crippen molar-refractivity contribution in [2.24, 2.45) is 5.29 Å². The van der Waals surface area contributed by atoms with Crippen molar-refractivity contribution in [3.63, 3.8) is 0 Å². The molecule has 0 saturated heterocycles. The van der Waals surface area contributed by atoms with E-state index in [0.717, 1.165) is 6.92 Å². The van der Waals surface area contributed by atoms with Crippen LogP contribution in [-0.2, 0) is 4.79 Å². The Labute approximate surface area is 91.4 Å². The average Bonchev–Trinajstić information content (AvgIpc) is 2.20.